The summed E-state index contributed by atoms with van der Waals surface area (Å²) in [4.78, 5) is 25.7. The number of imidazole rings is 1. The fourth-order valence-corrected chi connectivity index (χ4v) is 6.77. The zero-order valence-electron chi connectivity index (χ0n) is 24.3. The average Bonchev–Trinajstić information content (AvgIpc) is 3.41. The van der Waals surface area contributed by atoms with E-state index < -0.39 is 21.8 Å². The number of hydrogen-bond donors (Lipinski definition) is 2. The number of carboxylic acids is 2. The molecule has 230 valence electrons. The van der Waals surface area contributed by atoms with Crippen molar-refractivity contribution in [2.45, 2.75) is 43.0 Å². The van der Waals surface area contributed by atoms with E-state index in [0.29, 0.717) is 37.0 Å². The lowest BCUT2D eigenvalue weighted by molar-refractivity contribution is -0.134. The summed E-state index contributed by atoms with van der Waals surface area (Å²) in [6.07, 6.45) is 9.31. The number of nitrogens with zero attached hydrogens (tertiary/aromatic N) is 3. The van der Waals surface area contributed by atoms with E-state index in [4.69, 9.17) is 14.9 Å². The first-order valence-electron chi connectivity index (χ1n) is 14.5. The molecule has 1 aliphatic carbocycles. The number of aromatic nitrogens is 2. The minimum absolute atomic E-state index is 0.0312. The quantitative estimate of drug-likeness (QED) is 0.231. The summed E-state index contributed by atoms with van der Waals surface area (Å²) < 4.78 is 32.7. The van der Waals surface area contributed by atoms with E-state index >= 15 is 0 Å². The van der Waals surface area contributed by atoms with E-state index in [0.717, 1.165) is 18.6 Å². The summed E-state index contributed by atoms with van der Waals surface area (Å²) in [5, 5.41) is 15.8. The van der Waals surface area contributed by atoms with Crippen LogP contribution in [0, 0.1) is 5.92 Å². The highest BCUT2D eigenvalue weighted by Crippen LogP contribution is 2.41. The van der Waals surface area contributed by atoms with Crippen LogP contribution in [0.25, 0.3) is 0 Å². The number of hydrogen-bond acceptors (Lipinski definition) is 7. The van der Waals surface area contributed by atoms with Crippen molar-refractivity contribution in [3.8, 4) is 5.75 Å². The Morgan fingerprint density at radius 2 is 1.79 bits per heavy atom. The van der Waals surface area contributed by atoms with Gasteiger partial charge in [-0.25, -0.2) is 23.0 Å². The molecule has 0 saturated carbocycles. The van der Waals surface area contributed by atoms with Crippen LogP contribution in [0.2, 0.25) is 0 Å². The minimum Gasteiger partial charge on any atom is -0.494 e. The highest BCUT2D eigenvalue weighted by Gasteiger charge is 2.32. The lowest BCUT2D eigenvalue weighted by Crippen LogP contribution is -2.43. The second kappa shape index (κ2) is 15.0. The number of ether oxygens (including phenoxy) is 1. The van der Waals surface area contributed by atoms with Crippen LogP contribution < -0.4 is 4.74 Å². The number of aryl methyl sites for hydroxylation is 2. The highest BCUT2D eigenvalue weighted by atomic mass is 32.2. The summed E-state index contributed by atoms with van der Waals surface area (Å²) in [5.41, 5.74) is 4.21. The molecule has 2 heterocycles. The Balaban J connectivity index is 0.000000467. The van der Waals surface area contributed by atoms with Crippen molar-refractivity contribution in [3.63, 3.8) is 0 Å². The van der Waals surface area contributed by atoms with Gasteiger partial charge in [-0.05, 0) is 85.9 Å². The van der Waals surface area contributed by atoms with Crippen molar-refractivity contribution in [2.75, 3.05) is 32.0 Å². The van der Waals surface area contributed by atoms with Gasteiger partial charge in [0.15, 0.2) is 14.9 Å². The van der Waals surface area contributed by atoms with Crippen LogP contribution in [-0.4, -0.2) is 77.0 Å². The van der Waals surface area contributed by atoms with E-state index in [1.807, 2.05) is 6.07 Å². The van der Waals surface area contributed by atoms with Gasteiger partial charge in [0.2, 0.25) is 0 Å². The lowest BCUT2D eigenvalue weighted by Gasteiger charge is -2.40. The summed E-state index contributed by atoms with van der Waals surface area (Å²) in [6, 6.07) is 17.3. The SMILES string of the molecule is Cn1cnc(S(=O)(=O)CCCOc2ccc3c(c2)[C@H](Cc2ccccc2)[C@H](CN2CCC2)CC3)c1.O=C(O)/C=C/C(=O)O. The summed E-state index contributed by atoms with van der Waals surface area (Å²) in [5.74, 6) is -0.540. The second-order valence-electron chi connectivity index (χ2n) is 11.0. The molecule has 1 saturated heterocycles. The lowest BCUT2D eigenvalue weighted by atomic mass is 9.72. The zero-order valence-corrected chi connectivity index (χ0v) is 25.2. The molecule has 3 aromatic rings. The number of carboxylic acid groups (broad SMARTS) is 2. The number of fused-ring (bicyclic) bond motifs is 1. The molecule has 0 spiro atoms. The van der Waals surface area contributed by atoms with Crippen molar-refractivity contribution >= 4 is 21.8 Å². The van der Waals surface area contributed by atoms with Gasteiger partial charge in [-0.15, -0.1) is 0 Å². The largest absolute Gasteiger partial charge is 0.494 e. The summed E-state index contributed by atoms with van der Waals surface area (Å²) in [6.45, 7) is 4.00. The number of sulfone groups is 1. The third-order valence-electron chi connectivity index (χ3n) is 7.80. The van der Waals surface area contributed by atoms with E-state index in [9.17, 15) is 18.0 Å². The van der Waals surface area contributed by atoms with Crippen molar-refractivity contribution in [3.05, 3.63) is 89.9 Å². The average molecular weight is 610 g/mol. The van der Waals surface area contributed by atoms with E-state index in [2.05, 4.69) is 52.3 Å². The van der Waals surface area contributed by atoms with Crippen LogP contribution in [0.15, 0.2) is 78.2 Å². The Labute approximate surface area is 252 Å². The van der Waals surface area contributed by atoms with Crippen molar-refractivity contribution < 1.29 is 33.0 Å². The van der Waals surface area contributed by atoms with Gasteiger partial charge in [0, 0.05) is 31.9 Å². The third-order valence-corrected chi connectivity index (χ3v) is 9.48. The molecule has 2 atom stereocenters. The van der Waals surface area contributed by atoms with Gasteiger partial charge in [-0.1, -0.05) is 36.4 Å². The fraction of sp³-hybridized carbons (Fsp3) is 0.406. The fourth-order valence-electron chi connectivity index (χ4n) is 5.53. The summed E-state index contributed by atoms with van der Waals surface area (Å²) in [7, 11) is -1.62. The molecule has 1 aromatic heterocycles. The minimum atomic E-state index is -3.38. The zero-order chi connectivity index (χ0) is 30.8. The molecule has 43 heavy (non-hydrogen) atoms. The molecule has 0 radical (unpaired) electrons. The van der Waals surface area contributed by atoms with E-state index in [1.165, 1.54) is 55.5 Å². The van der Waals surface area contributed by atoms with E-state index in [-0.39, 0.29) is 10.8 Å². The number of aliphatic carboxylic acids is 2. The Kier molecular flexibility index (Phi) is 11.1. The van der Waals surface area contributed by atoms with Crippen LogP contribution in [0.3, 0.4) is 0 Å². The monoisotopic (exact) mass is 609 g/mol. The number of carbonyl (C=O) groups is 2. The first-order chi connectivity index (χ1) is 20.6. The van der Waals surface area contributed by atoms with Gasteiger partial charge in [-0.2, -0.15) is 0 Å². The van der Waals surface area contributed by atoms with Gasteiger partial charge >= 0.3 is 11.9 Å². The van der Waals surface area contributed by atoms with Crippen LogP contribution in [-0.2, 0) is 39.3 Å². The molecular formula is C32H39N3O7S. The molecule has 5 rings (SSSR count). The Morgan fingerprint density at radius 3 is 2.40 bits per heavy atom. The van der Waals surface area contributed by atoms with Crippen molar-refractivity contribution in [1.82, 2.24) is 14.5 Å². The molecule has 2 aromatic carbocycles. The second-order valence-corrected chi connectivity index (χ2v) is 13.1. The van der Waals surface area contributed by atoms with Crippen LogP contribution >= 0.6 is 0 Å². The first kappa shape index (κ1) is 32.0. The van der Waals surface area contributed by atoms with Crippen LogP contribution in [0.1, 0.15) is 41.9 Å². The molecule has 0 unspecified atom stereocenters. The van der Waals surface area contributed by atoms with Gasteiger partial charge in [0.1, 0.15) is 5.75 Å². The number of benzene rings is 2. The smallest absolute Gasteiger partial charge is 0.328 e. The molecule has 1 aliphatic heterocycles. The Hall–Kier alpha value is -3.96. The van der Waals surface area contributed by atoms with Crippen LogP contribution in [0.4, 0.5) is 0 Å². The van der Waals surface area contributed by atoms with Gasteiger partial charge < -0.3 is 24.4 Å². The molecule has 0 bridgehead atoms. The summed E-state index contributed by atoms with van der Waals surface area (Å²) >= 11 is 0. The molecule has 2 aliphatic rings. The maximum absolute atomic E-state index is 12.5. The molecule has 11 heteroatoms. The number of likely N-dealkylation sites (tertiary alicyclic amines) is 1. The predicted octanol–water partition coefficient (Wildman–Crippen LogP) is 3.97. The van der Waals surface area contributed by atoms with Gasteiger partial charge in [0.05, 0.1) is 18.7 Å². The maximum Gasteiger partial charge on any atom is 0.328 e. The van der Waals surface area contributed by atoms with Crippen molar-refractivity contribution in [2.24, 2.45) is 13.0 Å². The third kappa shape index (κ3) is 9.52. The van der Waals surface area contributed by atoms with Gasteiger partial charge in [-0.3, -0.25) is 0 Å². The molecule has 10 nitrogen and oxygen atoms in total. The normalized spacial score (nSPS) is 18.3. The molecular weight excluding hydrogens is 570 g/mol. The molecule has 1 fully saturated rings. The Morgan fingerprint density at radius 1 is 1.07 bits per heavy atom. The predicted molar refractivity (Wildman–Crippen MR) is 162 cm³/mol. The Bertz CT molecular complexity index is 1500. The van der Waals surface area contributed by atoms with E-state index in [1.54, 1.807) is 17.8 Å². The first-order valence-corrected chi connectivity index (χ1v) is 16.1. The molecule has 2 N–H and O–H groups in total. The van der Waals surface area contributed by atoms with Gasteiger partial charge in [0.25, 0.3) is 0 Å². The molecule has 0 amide bonds. The topological polar surface area (TPSA) is 139 Å². The van der Waals surface area contributed by atoms with Crippen LogP contribution in [0.5, 0.6) is 5.75 Å². The maximum atomic E-state index is 12.5. The highest BCUT2D eigenvalue weighted by molar-refractivity contribution is 7.91. The number of rotatable bonds is 12. The van der Waals surface area contributed by atoms with Crippen molar-refractivity contribution in [1.29, 1.82) is 0 Å². The standard InChI is InChI=1S/C28H35N3O3S.C4H4O4/c1-30-20-28(29-21-30)35(32,33)16-6-15-34-25-12-11-23-9-10-24(19-31-13-5-14-31)26(27(23)18-25)17-22-7-3-2-4-8-22;5-3(6)1-2-4(7)8/h2-4,7-8,11-12,18,20-21,24,26H,5-6,9-10,13-17,19H2,1H3;1-2H,(H,5,6)(H,7,8)/b;2-1+/t24-,26+;/m0./s1.